The quantitative estimate of drug-likeness (QED) is 0.365. The van der Waals surface area contributed by atoms with Crippen LogP contribution in [0.5, 0.6) is 5.75 Å². The highest BCUT2D eigenvalue weighted by Gasteiger charge is 2.64. The molecule has 10 nitrogen and oxygen atoms in total. The van der Waals surface area contributed by atoms with E-state index in [0.717, 1.165) is 6.92 Å². The maximum Gasteiger partial charge on any atom is 0.202 e. The van der Waals surface area contributed by atoms with Crippen molar-refractivity contribution in [2.24, 2.45) is 11.8 Å². The second-order valence-corrected chi connectivity index (χ2v) is 11.1. The number of aliphatic hydroxyl groups excluding tert-OH is 3. The Kier molecular flexibility index (Phi) is 6.13. The zero-order valence-electron chi connectivity index (χ0n) is 22.4. The number of hydrogen-bond donors (Lipinski definition) is 5. The molecule has 0 unspecified atom stereocenters. The van der Waals surface area contributed by atoms with Crippen molar-refractivity contribution in [1.82, 2.24) is 4.90 Å². The maximum atomic E-state index is 14.1. The van der Waals surface area contributed by atoms with E-state index in [1.807, 2.05) is 19.0 Å². The minimum Gasteiger partial charge on any atom is -0.508 e. The Morgan fingerprint density at radius 1 is 1.08 bits per heavy atom. The topological polar surface area (TPSA) is 159 Å². The van der Waals surface area contributed by atoms with Crippen LogP contribution in [-0.2, 0) is 27.4 Å². The van der Waals surface area contributed by atoms with Gasteiger partial charge in [0.25, 0.3) is 0 Å². The molecule has 0 bridgehead atoms. The normalized spacial score (nSPS) is 26.6. The minimum atomic E-state index is -2.61. The van der Waals surface area contributed by atoms with Crippen LogP contribution in [0.1, 0.15) is 30.0 Å². The second-order valence-electron chi connectivity index (χ2n) is 11.1. The van der Waals surface area contributed by atoms with Gasteiger partial charge in [-0.3, -0.25) is 19.3 Å². The second kappa shape index (κ2) is 8.90. The van der Waals surface area contributed by atoms with Gasteiger partial charge in [0, 0.05) is 42.0 Å². The van der Waals surface area contributed by atoms with Gasteiger partial charge in [-0.1, -0.05) is 12.1 Å². The molecule has 4 atom stereocenters. The van der Waals surface area contributed by atoms with E-state index in [-0.39, 0.29) is 36.3 Å². The number of rotatable bonds is 4. The molecule has 0 radical (unpaired) electrons. The summed E-state index contributed by atoms with van der Waals surface area (Å²) in [4.78, 5) is 43.1. The molecule has 3 aliphatic carbocycles. The number of fused-ring (bicyclic) bond motifs is 4. The molecular formula is C29H32N2O8. The summed E-state index contributed by atoms with van der Waals surface area (Å²) in [7, 11) is 6.84. The molecule has 5 rings (SSSR count). The van der Waals surface area contributed by atoms with E-state index in [2.05, 4.69) is 0 Å². The summed E-state index contributed by atoms with van der Waals surface area (Å²) in [5.41, 5.74) is -1.51. The van der Waals surface area contributed by atoms with Gasteiger partial charge in [0.05, 0.1) is 18.2 Å². The Hall–Kier alpha value is -3.73. The summed E-state index contributed by atoms with van der Waals surface area (Å²) in [6.45, 7) is 0.817. The zero-order chi connectivity index (χ0) is 28.7. The highest BCUT2D eigenvalue weighted by molar-refractivity contribution is 6.25. The fraction of sp³-hybridized carbons (Fsp3) is 0.414. The summed E-state index contributed by atoms with van der Waals surface area (Å²) in [6.07, 6.45) is 0.268. The van der Waals surface area contributed by atoms with Crippen LogP contribution in [-0.4, -0.2) is 87.6 Å². The van der Waals surface area contributed by atoms with Crippen molar-refractivity contribution < 1.29 is 39.9 Å². The van der Waals surface area contributed by atoms with Crippen molar-refractivity contribution in [3.8, 4) is 5.75 Å². The molecule has 1 saturated carbocycles. The van der Waals surface area contributed by atoms with Crippen LogP contribution in [0.2, 0.25) is 0 Å². The summed E-state index contributed by atoms with van der Waals surface area (Å²) in [5, 5.41) is 56.5. The van der Waals surface area contributed by atoms with Gasteiger partial charge in [-0.25, -0.2) is 0 Å². The van der Waals surface area contributed by atoms with Crippen molar-refractivity contribution in [2.45, 2.75) is 38.0 Å². The molecule has 0 spiro atoms. The Morgan fingerprint density at radius 2 is 1.74 bits per heavy atom. The van der Waals surface area contributed by atoms with Gasteiger partial charge in [0.15, 0.2) is 17.2 Å². The van der Waals surface area contributed by atoms with Crippen molar-refractivity contribution in [3.05, 3.63) is 51.8 Å². The van der Waals surface area contributed by atoms with Crippen LogP contribution >= 0.6 is 0 Å². The molecule has 0 saturated heterocycles. The van der Waals surface area contributed by atoms with E-state index in [1.54, 1.807) is 32.3 Å². The molecule has 0 heterocycles. The van der Waals surface area contributed by atoms with Crippen LogP contribution in [0, 0.1) is 11.8 Å². The average Bonchev–Trinajstić information content (AvgIpc) is 2.85. The minimum absolute atomic E-state index is 0.0363. The Labute approximate surface area is 225 Å². The van der Waals surface area contributed by atoms with Gasteiger partial charge in [-0.2, -0.15) is 0 Å². The fourth-order valence-corrected chi connectivity index (χ4v) is 6.85. The van der Waals surface area contributed by atoms with Gasteiger partial charge in [0.1, 0.15) is 22.8 Å². The van der Waals surface area contributed by atoms with E-state index >= 15 is 0 Å². The molecule has 206 valence electrons. The number of phenolic OH excluding ortho intramolecular Hbond substituents is 1. The number of nitrogens with zero attached hydrogens (tertiary/aromatic N) is 2. The number of phenols is 1. The molecule has 2 aromatic carbocycles. The van der Waals surface area contributed by atoms with Crippen molar-refractivity contribution in [1.29, 1.82) is 0 Å². The first-order valence-electron chi connectivity index (χ1n) is 12.7. The first-order chi connectivity index (χ1) is 18.3. The number of anilines is 1. The van der Waals surface area contributed by atoms with Crippen LogP contribution < -0.4 is 4.90 Å². The predicted octanol–water partition coefficient (Wildman–Crippen LogP) is 1.78. The summed E-state index contributed by atoms with van der Waals surface area (Å²) >= 11 is 0. The van der Waals surface area contributed by atoms with Gasteiger partial charge >= 0.3 is 0 Å². The maximum absolute atomic E-state index is 14.1. The smallest absolute Gasteiger partial charge is 0.202 e. The first kappa shape index (κ1) is 26.9. The van der Waals surface area contributed by atoms with E-state index in [0.29, 0.717) is 27.6 Å². The van der Waals surface area contributed by atoms with Crippen LogP contribution in [0.3, 0.4) is 0 Å². The van der Waals surface area contributed by atoms with Crippen molar-refractivity contribution in [2.75, 3.05) is 33.1 Å². The van der Waals surface area contributed by atoms with Gasteiger partial charge in [-0.05, 0) is 57.0 Å². The van der Waals surface area contributed by atoms with Crippen LogP contribution in [0.25, 0.3) is 16.5 Å². The summed E-state index contributed by atoms with van der Waals surface area (Å²) in [6, 6.07) is 4.07. The lowest BCUT2D eigenvalue weighted by Crippen LogP contribution is -2.65. The molecular weight excluding hydrogens is 504 g/mol. The Bertz CT molecular complexity index is 1540. The third kappa shape index (κ3) is 3.48. The van der Waals surface area contributed by atoms with E-state index in [4.69, 9.17) is 0 Å². The lowest BCUT2D eigenvalue weighted by atomic mass is 9.57. The number of ketones is 3. The van der Waals surface area contributed by atoms with E-state index in [1.165, 1.54) is 4.90 Å². The number of benzene rings is 2. The number of likely N-dealkylation sites (N-methyl/N-ethyl adjacent to an activating group) is 1. The zero-order valence-corrected chi connectivity index (χ0v) is 22.4. The molecule has 10 heteroatoms. The van der Waals surface area contributed by atoms with Crippen LogP contribution in [0.15, 0.2) is 35.1 Å². The van der Waals surface area contributed by atoms with Gasteiger partial charge in [-0.15, -0.1) is 0 Å². The third-order valence-corrected chi connectivity index (χ3v) is 8.47. The first-order valence-corrected chi connectivity index (χ1v) is 12.7. The molecule has 39 heavy (non-hydrogen) atoms. The number of carbonyl (C=O) groups excluding carboxylic acids is 3. The summed E-state index contributed by atoms with van der Waals surface area (Å²) in [5.74, 6) is -5.96. The Balaban J connectivity index is 1.82. The number of carbonyl (C=O) groups is 3. The molecule has 3 aliphatic rings. The molecule has 0 aliphatic heterocycles. The lowest BCUT2D eigenvalue weighted by Gasteiger charge is -2.50. The van der Waals surface area contributed by atoms with Crippen LogP contribution in [0.4, 0.5) is 5.69 Å². The largest absolute Gasteiger partial charge is 0.508 e. The number of hydrogen-bond acceptors (Lipinski definition) is 10. The van der Waals surface area contributed by atoms with E-state index in [9.17, 15) is 39.9 Å². The predicted molar refractivity (Wildman–Crippen MR) is 143 cm³/mol. The molecule has 0 amide bonds. The highest BCUT2D eigenvalue weighted by Crippen LogP contribution is 2.55. The number of aliphatic hydroxyl groups is 4. The number of aromatic hydroxyl groups is 1. The standard InChI is InChI=1S/C29H32N2O8/c1-12(33)19-26(36)23(31(4)5)18-10-14-9-17-21(25(35)20(14)28(38)29(18,39)27(19)37)24(34)16-8-13(11-32)6-7-15(16)22(17)30(2)3/h6-8,14,18,23,32,34-35,37,39H,9-11H2,1-5H3/t14-,18-,23-,29+/m0/s1. The highest BCUT2D eigenvalue weighted by atomic mass is 16.3. The average molecular weight is 537 g/mol. The van der Waals surface area contributed by atoms with Crippen molar-refractivity contribution >= 4 is 39.6 Å². The SMILES string of the molecule is CC(=O)C1=C(O)[C@@]2(O)C(=O)C3=C(O)c4c(c(N(C)C)c5ccc(CO)cc5c4O)C[C@H]3C[C@H]2[C@H](N(C)C)C1=O. The van der Waals surface area contributed by atoms with Crippen molar-refractivity contribution in [3.63, 3.8) is 0 Å². The van der Waals surface area contributed by atoms with Gasteiger partial charge < -0.3 is 30.4 Å². The monoisotopic (exact) mass is 536 g/mol. The van der Waals surface area contributed by atoms with Gasteiger partial charge in [0.2, 0.25) is 5.78 Å². The molecule has 5 N–H and O–H groups in total. The molecule has 0 aromatic heterocycles. The van der Waals surface area contributed by atoms with E-state index < -0.39 is 57.9 Å². The number of Topliss-reactive ketones (excluding diaryl/α,β-unsaturated/α-hetero) is 3. The summed E-state index contributed by atoms with van der Waals surface area (Å²) < 4.78 is 0. The fourth-order valence-electron chi connectivity index (χ4n) is 6.85. The molecule has 1 fully saturated rings. The molecule has 2 aromatic rings. The Morgan fingerprint density at radius 3 is 2.31 bits per heavy atom. The third-order valence-electron chi connectivity index (χ3n) is 8.47. The lowest BCUT2D eigenvalue weighted by molar-refractivity contribution is -0.153.